The van der Waals surface area contributed by atoms with Gasteiger partial charge in [-0.2, -0.15) is 0 Å². The van der Waals surface area contributed by atoms with Crippen LogP contribution in [0.1, 0.15) is 75.0 Å². The number of hydrogen-bond acceptors (Lipinski definition) is 3. The summed E-state index contributed by atoms with van der Waals surface area (Å²) in [6.45, 7) is 6.79. The van der Waals surface area contributed by atoms with Crippen molar-refractivity contribution in [2.45, 2.75) is 77.0 Å². The molecule has 1 aliphatic rings. The fourth-order valence-electron chi connectivity index (χ4n) is 4.19. The maximum Gasteiger partial charge on any atom is 0.268 e. The second kappa shape index (κ2) is 12.1. The molecule has 2 amide bonds. The summed E-state index contributed by atoms with van der Waals surface area (Å²) < 4.78 is 0. The van der Waals surface area contributed by atoms with Gasteiger partial charge in [0.05, 0.1) is 10.5 Å². The van der Waals surface area contributed by atoms with Crippen molar-refractivity contribution in [2.75, 3.05) is 6.54 Å². The number of amides is 2. The predicted octanol–water partition coefficient (Wildman–Crippen LogP) is 7.32. The van der Waals surface area contributed by atoms with Crippen molar-refractivity contribution in [1.82, 2.24) is 4.90 Å². The Morgan fingerprint density at radius 1 is 0.781 bits per heavy atom. The number of benzene rings is 2. The van der Waals surface area contributed by atoms with Gasteiger partial charge in [0.25, 0.3) is 11.8 Å². The summed E-state index contributed by atoms with van der Waals surface area (Å²) in [5.41, 5.74) is 3.60. The lowest BCUT2D eigenvalue weighted by Crippen LogP contribution is -2.32. The topological polar surface area (TPSA) is 37.4 Å². The third kappa shape index (κ3) is 6.13. The Bertz CT molecular complexity index is 965. The fraction of sp³-hybridized carbons (Fsp3) is 0.429. The van der Waals surface area contributed by atoms with Gasteiger partial charge in [-0.15, -0.1) is 0 Å². The minimum absolute atomic E-state index is 0.150. The van der Waals surface area contributed by atoms with Gasteiger partial charge < -0.3 is 0 Å². The van der Waals surface area contributed by atoms with Crippen LogP contribution in [0.15, 0.2) is 58.3 Å². The molecule has 32 heavy (non-hydrogen) atoms. The zero-order valence-corrected chi connectivity index (χ0v) is 20.5. The summed E-state index contributed by atoms with van der Waals surface area (Å²) in [7, 11) is 0. The highest BCUT2D eigenvalue weighted by Gasteiger charge is 2.39. The molecular formula is C28H35NO2S. The summed E-state index contributed by atoms with van der Waals surface area (Å²) in [6.07, 6.45) is 9.50. The molecule has 2 aromatic carbocycles. The van der Waals surface area contributed by atoms with Gasteiger partial charge in [-0.1, -0.05) is 106 Å². The predicted molar refractivity (Wildman–Crippen MR) is 134 cm³/mol. The molecule has 0 spiro atoms. The van der Waals surface area contributed by atoms with Crippen molar-refractivity contribution in [2.24, 2.45) is 0 Å². The summed E-state index contributed by atoms with van der Waals surface area (Å²) in [5, 5.41) is 0. The lowest BCUT2D eigenvalue weighted by atomic mass is 9.99. The van der Waals surface area contributed by atoms with Crippen LogP contribution in [0.3, 0.4) is 0 Å². The number of carbonyl (C=O) groups excluding carboxylic acids is 2. The smallest absolute Gasteiger partial charge is 0.268 e. The SMILES string of the molecule is CCCCCCCCCCN1C(=O)C(Sc2ccccc2)=C(c2ccc(C)cc2C)C1=O. The Kier molecular flexibility index (Phi) is 9.16. The highest BCUT2D eigenvalue weighted by molar-refractivity contribution is 8.04. The van der Waals surface area contributed by atoms with E-state index in [0.29, 0.717) is 17.0 Å². The maximum absolute atomic E-state index is 13.4. The van der Waals surface area contributed by atoms with E-state index in [2.05, 4.69) is 13.0 Å². The Hall–Kier alpha value is -2.33. The van der Waals surface area contributed by atoms with Gasteiger partial charge in [0.15, 0.2) is 0 Å². The number of carbonyl (C=O) groups is 2. The van der Waals surface area contributed by atoms with E-state index >= 15 is 0 Å². The van der Waals surface area contributed by atoms with E-state index in [-0.39, 0.29) is 11.8 Å². The van der Waals surface area contributed by atoms with Crippen LogP contribution in [0, 0.1) is 13.8 Å². The van der Waals surface area contributed by atoms with Gasteiger partial charge in [0, 0.05) is 11.4 Å². The van der Waals surface area contributed by atoms with Crippen molar-refractivity contribution in [3.8, 4) is 0 Å². The summed E-state index contributed by atoms with van der Waals surface area (Å²) in [4.78, 5) is 29.8. The minimum atomic E-state index is -0.151. The number of aryl methyl sites for hydroxylation is 2. The van der Waals surface area contributed by atoms with Crippen molar-refractivity contribution < 1.29 is 9.59 Å². The van der Waals surface area contributed by atoms with Crippen molar-refractivity contribution in [3.05, 3.63) is 70.1 Å². The van der Waals surface area contributed by atoms with E-state index in [1.165, 1.54) is 55.2 Å². The zero-order valence-electron chi connectivity index (χ0n) is 19.7. The average molecular weight is 450 g/mol. The molecule has 2 aromatic rings. The molecule has 0 aliphatic carbocycles. The molecule has 3 rings (SSSR count). The number of nitrogens with zero attached hydrogens (tertiary/aromatic N) is 1. The van der Waals surface area contributed by atoms with E-state index < -0.39 is 0 Å². The van der Waals surface area contributed by atoms with Gasteiger partial charge in [-0.3, -0.25) is 14.5 Å². The molecule has 0 bridgehead atoms. The van der Waals surface area contributed by atoms with Gasteiger partial charge >= 0.3 is 0 Å². The zero-order chi connectivity index (χ0) is 22.9. The van der Waals surface area contributed by atoms with E-state index in [0.717, 1.165) is 34.4 Å². The molecule has 170 valence electrons. The van der Waals surface area contributed by atoms with Crippen molar-refractivity contribution in [3.63, 3.8) is 0 Å². The molecule has 0 atom stereocenters. The molecule has 0 aromatic heterocycles. The van der Waals surface area contributed by atoms with Gasteiger partial charge in [0.1, 0.15) is 0 Å². The highest BCUT2D eigenvalue weighted by atomic mass is 32.2. The van der Waals surface area contributed by atoms with Crippen molar-refractivity contribution in [1.29, 1.82) is 0 Å². The quantitative estimate of drug-likeness (QED) is 0.252. The first-order valence-electron chi connectivity index (χ1n) is 11.9. The monoisotopic (exact) mass is 449 g/mol. The minimum Gasteiger partial charge on any atom is -0.274 e. The molecule has 0 unspecified atom stereocenters. The van der Waals surface area contributed by atoms with Crippen LogP contribution in [-0.2, 0) is 9.59 Å². The third-order valence-electron chi connectivity index (χ3n) is 5.98. The standard InChI is InChI=1S/C28H35NO2S/c1-4-5-6-7-8-9-10-14-19-29-27(30)25(24-18-17-21(2)20-22(24)3)26(28(29)31)32-23-15-12-11-13-16-23/h11-13,15-18,20H,4-10,14,19H2,1-3H3. The van der Waals surface area contributed by atoms with Crippen LogP contribution in [-0.4, -0.2) is 23.3 Å². The number of unbranched alkanes of at least 4 members (excludes halogenated alkanes) is 7. The lowest BCUT2D eigenvalue weighted by Gasteiger charge is -2.15. The van der Waals surface area contributed by atoms with E-state index in [1.807, 2.05) is 56.3 Å². The molecule has 1 heterocycles. The molecular weight excluding hydrogens is 414 g/mol. The van der Waals surface area contributed by atoms with E-state index in [9.17, 15) is 9.59 Å². The largest absolute Gasteiger partial charge is 0.274 e. The van der Waals surface area contributed by atoms with E-state index in [1.54, 1.807) is 0 Å². The first-order valence-corrected chi connectivity index (χ1v) is 12.8. The Labute approximate surface area is 197 Å². The third-order valence-corrected chi connectivity index (χ3v) is 7.07. The van der Waals surface area contributed by atoms with Gasteiger partial charge in [-0.05, 0) is 43.5 Å². The first kappa shape index (κ1) is 24.3. The molecule has 0 radical (unpaired) electrons. The number of imide groups is 1. The molecule has 1 aliphatic heterocycles. The van der Waals surface area contributed by atoms with Crippen LogP contribution < -0.4 is 0 Å². The number of thioether (sulfide) groups is 1. The molecule has 3 nitrogen and oxygen atoms in total. The molecule has 4 heteroatoms. The fourth-order valence-corrected chi connectivity index (χ4v) is 5.22. The second-order valence-corrected chi connectivity index (χ2v) is 9.76. The van der Waals surface area contributed by atoms with Gasteiger partial charge in [0.2, 0.25) is 0 Å². The van der Waals surface area contributed by atoms with Crippen LogP contribution in [0.2, 0.25) is 0 Å². The molecule has 0 fully saturated rings. The van der Waals surface area contributed by atoms with Crippen LogP contribution >= 0.6 is 11.8 Å². The summed E-state index contributed by atoms with van der Waals surface area (Å²) in [6, 6.07) is 15.9. The molecule has 0 saturated carbocycles. The summed E-state index contributed by atoms with van der Waals surface area (Å²) >= 11 is 1.41. The van der Waals surface area contributed by atoms with Crippen LogP contribution in [0.25, 0.3) is 5.57 Å². The van der Waals surface area contributed by atoms with Crippen LogP contribution in [0.4, 0.5) is 0 Å². The molecule has 0 saturated heterocycles. The first-order chi connectivity index (χ1) is 15.5. The average Bonchev–Trinajstić information content (AvgIpc) is 3.00. The Morgan fingerprint density at radius 3 is 2.09 bits per heavy atom. The molecule has 0 N–H and O–H groups in total. The van der Waals surface area contributed by atoms with Crippen molar-refractivity contribution >= 4 is 29.1 Å². The number of hydrogen-bond donors (Lipinski definition) is 0. The number of rotatable bonds is 12. The normalized spacial score (nSPS) is 14.0. The second-order valence-electron chi connectivity index (χ2n) is 8.67. The lowest BCUT2D eigenvalue weighted by molar-refractivity contribution is -0.136. The Balaban J connectivity index is 1.73. The van der Waals surface area contributed by atoms with Crippen LogP contribution in [0.5, 0.6) is 0 Å². The Morgan fingerprint density at radius 2 is 1.44 bits per heavy atom. The maximum atomic E-state index is 13.4. The van der Waals surface area contributed by atoms with Gasteiger partial charge in [-0.25, -0.2) is 0 Å². The summed E-state index contributed by atoms with van der Waals surface area (Å²) in [5.74, 6) is -0.301. The highest BCUT2D eigenvalue weighted by Crippen LogP contribution is 2.40. The van der Waals surface area contributed by atoms with E-state index in [4.69, 9.17) is 0 Å².